The first-order chi connectivity index (χ1) is 6.07. The molecule has 0 aliphatic heterocycles. The molecule has 0 aliphatic rings. The Balaban J connectivity index is 3.14. The number of carboxylic acid groups (broad SMARTS) is 1. The topological polar surface area (TPSA) is 55.1 Å². The SMILES string of the molecule is CCCn1nc(C)c(C(=O)O)c1C. The van der Waals surface area contributed by atoms with E-state index in [0.717, 1.165) is 18.7 Å². The van der Waals surface area contributed by atoms with Crippen molar-refractivity contribution < 1.29 is 9.90 Å². The highest BCUT2D eigenvalue weighted by Crippen LogP contribution is 2.12. The highest BCUT2D eigenvalue weighted by atomic mass is 16.4. The third-order valence-electron chi connectivity index (χ3n) is 2.03. The molecule has 0 amide bonds. The van der Waals surface area contributed by atoms with Crippen LogP contribution >= 0.6 is 0 Å². The van der Waals surface area contributed by atoms with Crippen LogP contribution in [0.1, 0.15) is 35.1 Å². The van der Waals surface area contributed by atoms with Crippen LogP contribution in [0.15, 0.2) is 0 Å². The predicted octanol–water partition coefficient (Wildman–Crippen LogP) is 1.61. The van der Waals surface area contributed by atoms with Gasteiger partial charge in [0.05, 0.1) is 11.4 Å². The normalized spacial score (nSPS) is 10.4. The zero-order valence-corrected chi connectivity index (χ0v) is 8.16. The monoisotopic (exact) mass is 182 g/mol. The van der Waals surface area contributed by atoms with Gasteiger partial charge < -0.3 is 5.11 Å². The molecule has 1 rings (SSSR count). The van der Waals surface area contributed by atoms with E-state index in [9.17, 15) is 4.79 Å². The minimum absolute atomic E-state index is 0.341. The molecule has 0 saturated heterocycles. The van der Waals surface area contributed by atoms with Crippen molar-refractivity contribution >= 4 is 5.97 Å². The lowest BCUT2D eigenvalue weighted by Crippen LogP contribution is -2.03. The van der Waals surface area contributed by atoms with Gasteiger partial charge in [-0.1, -0.05) is 6.92 Å². The van der Waals surface area contributed by atoms with Crippen LogP contribution in [-0.2, 0) is 6.54 Å². The van der Waals surface area contributed by atoms with E-state index < -0.39 is 5.97 Å². The quantitative estimate of drug-likeness (QED) is 0.772. The Morgan fingerprint density at radius 2 is 2.15 bits per heavy atom. The van der Waals surface area contributed by atoms with Crippen molar-refractivity contribution in [3.05, 3.63) is 17.0 Å². The van der Waals surface area contributed by atoms with E-state index >= 15 is 0 Å². The summed E-state index contributed by atoms with van der Waals surface area (Å²) >= 11 is 0. The van der Waals surface area contributed by atoms with Crippen LogP contribution in [0.4, 0.5) is 0 Å². The fourth-order valence-corrected chi connectivity index (χ4v) is 1.44. The van der Waals surface area contributed by atoms with Crippen LogP contribution in [-0.4, -0.2) is 20.9 Å². The first kappa shape index (κ1) is 9.77. The molecular weight excluding hydrogens is 168 g/mol. The number of nitrogens with zero attached hydrogens (tertiary/aromatic N) is 2. The van der Waals surface area contributed by atoms with Gasteiger partial charge in [0.2, 0.25) is 0 Å². The lowest BCUT2D eigenvalue weighted by atomic mass is 10.2. The summed E-state index contributed by atoms with van der Waals surface area (Å²) in [6, 6.07) is 0. The van der Waals surface area contributed by atoms with Gasteiger partial charge >= 0.3 is 5.97 Å². The van der Waals surface area contributed by atoms with Crippen molar-refractivity contribution in [3.8, 4) is 0 Å². The van der Waals surface area contributed by atoms with Gasteiger partial charge in [-0.05, 0) is 20.3 Å². The minimum atomic E-state index is -0.891. The summed E-state index contributed by atoms with van der Waals surface area (Å²) in [5, 5.41) is 13.0. The van der Waals surface area contributed by atoms with Gasteiger partial charge in [0.25, 0.3) is 0 Å². The van der Waals surface area contributed by atoms with Crippen molar-refractivity contribution in [1.29, 1.82) is 0 Å². The number of aromatic carboxylic acids is 1. The fraction of sp³-hybridized carbons (Fsp3) is 0.556. The molecule has 0 aromatic carbocycles. The van der Waals surface area contributed by atoms with Gasteiger partial charge in [-0.2, -0.15) is 5.10 Å². The molecular formula is C9H14N2O2. The second-order valence-electron chi connectivity index (χ2n) is 3.07. The van der Waals surface area contributed by atoms with Crippen LogP contribution in [0.3, 0.4) is 0 Å². The van der Waals surface area contributed by atoms with E-state index in [2.05, 4.69) is 5.10 Å². The Bertz CT molecular complexity index is 329. The van der Waals surface area contributed by atoms with E-state index in [0.29, 0.717) is 11.3 Å². The molecule has 1 aromatic heterocycles. The summed E-state index contributed by atoms with van der Waals surface area (Å²) in [4.78, 5) is 10.8. The van der Waals surface area contributed by atoms with Gasteiger partial charge in [0.15, 0.2) is 0 Å². The third kappa shape index (κ3) is 1.71. The van der Waals surface area contributed by atoms with Crippen LogP contribution in [0.5, 0.6) is 0 Å². The molecule has 13 heavy (non-hydrogen) atoms. The maximum Gasteiger partial charge on any atom is 0.339 e. The molecule has 4 heteroatoms. The second-order valence-corrected chi connectivity index (χ2v) is 3.07. The van der Waals surface area contributed by atoms with Crippen LogP contribution < -0.4 is 0 Å². The molecule has 1 aromatic rings. The average molecular weight is 182 g/mol. The van der Waals surface area contributed by atoms with Crippen molar-refractivity contribution in [3.63, 3.8) is 0 Å². The fourth-order valence-electron chi connectivity index (χ4n) is 1.44. The number of hydrogen-bond donors (Lipinski definition) is 1. The Kier molecular flexibility index (Phi) is 2.70. The van der Waals surface area contributed by atoms with Crippen molar-refractivity contribution in [2.75, 3.05) is 0 Å². The van der Waals surface area contributed by atoms with Crippen molar-refractivity contribution in [2.45, 2.75) is 33.7 Å². The smallest absolute Gasteiger partial charge is 0.339 e. The summed E-state index contributed by atoms with van der Waals surface area (Å²) in [5.74, 6) is -0.891. The minimum Gasteiger partial charge on any atom is -0.478 e. The number of carboxylic acids is 1. The molecule has 72 valence electrons. The number of aryl methyl sites for hydroxylation is 2. The van der Waals surface area contributed by atoms with E-state index in [1.807, 2.05) is 6.92 Å². The summed E-state index contributed by atoms with van der Waals surface area (Å²) in [6.07, 6.45) is 0.959. The molecule has 0 unspecified atom stereocenters. The lowest BCUT2D eigenvalue weighted by Gasteiger charge is -2.00. The van der Waals surface area contributed by atoms with Gasteiger partial charge in [-0.15, -0.1) is 0 Å². The zero-order chi connectivity index (χ0) is 10.0. The van der Waals surface area contributed by atoms with Gasteiger partial charge in [0, 0.05) is 6.54 Å². The number of carbonyl (C=O) groups is 1. The summed E-state index contributed by atoms with van der Waals surface area (Å²) in [5.41, 5.74) is 1.68. The van der Waals surface area contributed by atoms with Crippen molar-refractivity contribution in [1.82, 2.24) is 9.78 Å². The second kappa shape index (κ2) is 3.60. The third-order valence-corrected chi connectivity index (χ3v) is 2.03. The first-order valence-electron chi connectivity index (χ1n) is 4.35. The highest BCUT2D eigenvalue weighted by molar-refractivity contribution is 5.90. The largest absolute Gasteiger partial charge is 0.478 e. The van der Waals surface area contributed by atoms with Gasteiger partial charge in [-0.3, -0.25) is 4.68 Å². The zero-order valence-electron chi connectivity index (χ0n) is 8.16. The summed E-state index contributed by atoms with van der Waals surface area (Å²) < 4.78 is 1.75. The number of aromatic nitrogens is 2. The standard InChI is InChI=1S/C9H14N2O2/c1-4-5-11-7(3)8(9(12)13)6(2)10-11/h4-5H2,1-3H3,(H,12,13). The molecule has 0 fully saturated rings. The molecule has 0 saturated carbocycles. The van der Waals surface area contributed by atoms with Crippen LogP contribution in [0.2, 0.25) is 0 Å². The molecule has 0 radical (unpaired) electrons. The molecule has 0 aliphatic carbocycles. The van der Waals surface area contributed by atoms with Crippen LogP contribution in [0.25, 0.3) is 0 Å². The van der Waals surface area contributed by atoms with E-state index in [1.165, 1.54) is 0 Å². The summed E-state index contributed by atoms with van der Waals surface area (Å²) in [7, 11) is 0. The molecule has 0 bridgehead atoms. The predicted molar refractivity (Wildman–Crippen MR) is 49.0 cm³/mol. The molecule has 0 atom stereocenters. The van der Waals surface area contributed by atoms with E-state index in [1.54, 1.807) is 18.5 Å². The highest BCUT2D eigenvalue weighted by Gasteiger charge is 2.16. The first-order valence-corrected chi connectivity index (χ1v) is 4.35. The lowest BCUT2D eigenvalue weighted by molar-refractivity contribution is 0.0695. The average Bonchev–Trinajstić information content (AvgIpc) is 2.28. The van der Waals surface area contributed by atoms with Gasteiger partial charge in [-0.25, -0.2) is 4.79 Å². The molecule has 4 nitrogen and oxygen atoms in total. The van der Waals surface area contributed by atoms with Crippen LogP contribution in [0, 0.1) is 13.8 Å². The Labute approximate surface area is 77.2 Å². The van der Waals surface area contributed by atoms with E-state index in [4.69, 9.17) is 5.11 Å². The van der Waals surface area contributed by atoms with Crippen molar-refractivity contribution in [2.24, 2.45) is 0 Å². The maximum absolute atomic E-state index is 10.8. The maximum atomic E-state index is 10.8. The number of hydrogen-bond acceptors (Lipinski definition) is 2. The number of rotatable bonds is 3. The van der Waals surface area contributed by atoms with E-state index in [-0.39, 0.29) is 0 Å². The van der Waals surface area contributed by atoms with Gasteiger partial charge in [0.1, 0.15) is 5.56 Å². The Morgan fingerprint density at radius 1 is 1.54 bits per heavy atom. The molecule has 1 heterocycles. The Hall–Kier alpha value is -1.32. The molecule has 0 spiro atoms. The Morgan fingerprint density at radius 3 is 2.54 bits per heavy atom. The molecule has 1 N–H and O–H groups in total. The summed E-state index contributed by atoms with van der Waals surface area (Å²) in [6.45, 7) is 6.33.